The van der Waals surface area contributed by atoms with Gasteiger partial charge in [-0.1, -0.05) is 31.4 Å². The highest BCUT2D eigenvalue weighted by Crippen LogP contribution is 2.33. The van der Waals surface area contributed by atoms with E-state index in [1.54, 1.807) is 18.9 Å². The number of hydrogen-bond acceptors (Lipinski definition) is 5. The predicted octanol–water partition coefficient (Wildman–Crippen LogP) is 3.36. The Morgan fingerprint density at radius 1 is 1.13 bits per heavy atom. The van der Waals surface area contributed by atoms with E-state index < -0.39 is 0 Å². The molecule has 0 radical (unpaired) electrons. The Kier molecular flexibility index (Phi) is 6.14. The molecule has 1 aromatic heterocycles. The van der Waals surface area contributed by atoms with Crippen LogP contribution in [0.2, 0.25) is 0 Å². The van der Waals surface area contributed by atoms with E-state index in [4.69, 9.17) is 9.47 Å². The number of rotatable bonds is 9. The number of carbonyl (C=O) groups excluding carboxylic acids is 1. The molecule has 0 aliphatic carbocycles. The van der Waals surface area contributed by atoms with E-state index in [0.29, 0.717) is 17.2 Å². The van der Waals surface area contributed by atoms with Crippen LogP contribution in [0.4, 0.5) is 0 Å². The Morgan fingerprint density at radius 3 is 2.57 bits per heavy atom. The Morgan fingerprint density at radius 2 is 1.91 bits per heavy atom. The summed E-state index contributed by atoms with van der Waals surface area (Å²) < 4.78 is 12.4. The fourth-order valence-corrected chi connectivity index (χ4v) is 2.53. The summed E-state index contributed by atoms with van der Waals surface area (Å²) in [4.78, 5) is 11.3. The zero-order valence-electron chi connectivity index (χ0n) is 13.9. The molecule has 2 rings (SSSR count). The molecular formula is C17H23N3O3. The maximum absolute atomic E-state index is 11.3. The number of nitrogens with zero attached hydrogens (tertiary/aromatic N) is 3. The molecule has 0 amide bonds. The molecule has 0 aliphatic heterocycles. The van der Waals surface area contributed by atoms with Gasteiger partial charge in [0.1, 0.15) is 0 Å². The number of ether oxygens (including phenoxy) is 2. The minimum Gasteiger partial charge on any atom is -0.493 e. The minimum atomic E-state index is 0.340. The van der Waals surface area contributed by atoms with Gasteiger partial charge in [0, 0.05) is 12.1 Å². The van der Waals surface area contributed by atoms with Gasteiger partial charge in [-0.05, 0) is 24.6 Å². The Hall–Kier alpha value is -2.37. The molecule has 0 saturated heterocycles. The van der Waals surface area contributed by atoms with Gasteiger partial charge < -0.3 is 9.47 Å². The van der Waals surface area contributed by atoms with Crippen molar-refractivity contribution in [3.8, 4) is 22.8 Å². The maximum Gasteiger partial charge on any atom is 0.172 e. The highest BCUT2D eigenvalue weighted by atomic mass is 16.5. The van der Waals surface area contributed by atoms with Crippen LogP contribution in [0.1, 0.15) is 43.1 Å². The number of unbranched alkanes of at least 4 members (excludes halogenated alkanes) is 3. The first-order chi connectivity index (χ1) is 11.2. The quantitative estimate of drug-likeness (QED) is 0.524. The zero-order chi connectivity index (χ0) is 16.7. The van der Waals surface area contributed by atoms with Crippen LogP contribution in [-0.2, 0) is 6.54 Å². The summed E-state index contributed by atoms with van der Waals surface area (Å²) in [5, 5.41) is 8.10. The molecule has 0 spiro atoms. The molecule has 0 bridgehead atoms. The third-order valence-corrected chi connectivity index (χ3v) is 3.75. The van der Waals surface area contributed by atoms with E-state index in [9.17, 15) is 4.79 Å². The molecule has 0 saturated carbocycles. The number of carbonyl (C=O) groups is 1. The topological polar surface area (TPSA) is 66.2 Å². The van der Waals surface area contributed by atoms with Crippen LogP contribution in [0, 0.1) is 0 Å². The molecule has 0 unspecified atom stereocenters. The maximum atomic E-state index is 11.3. The molecule has 1 aromatic carbocycles. The lowest BCUT2D eigenvalue weighted by atomic mass is 10.1. The Balaban J connectivity index is 2.33. The monoisotopic (exact) mass is 317 g/mol. The molecule has 2 aromatic rings. The predicted molar refractivity (Wildman–Crippen MR) is 88.1 cm³/mol. The van der Waals surface area contributed by atoms with Gasteiger partial charge in [-0.2, -0.15) is 0 Å². The Bertz CT molecular complexity index is 653. The highest BCUT2D eigenvalue weighted by Gasteiger charge is 2.16. The minimum absolute atomic E-state index is 0.340. The van der Waals surface area contributed by atoms with Gasteiger partial charge >= 0.3 is 0 Å². The molecule has 0 fully saturated rings. The second kappa shape index (κ2) is 8.31. The fourth-order valence-electron chi connectivity index (χ4n) is 2.53. The van der Waals surface area contributed by atoms with Crippen molar-refractivity contribution in [2.24, 2.45) is 0 Å². The van der Waals surface area contributed by atoms with Gasteiger partial charge in [-0.25, -0.2) is 4.68 Å². The first-order valence-electron chi connectivity index (χ1n) is 7.86. The van der Waals surface area contributed by atoms with Crippen LogP contribution in [0.25, 0.3) is 11.3 Å². The van der Waals surface area contributed by atoms with Crippen LogP contribution >= 0.6 is 0 Å². The van der Waals surface area contributed by atoms with E-state index in [0.717, 1.165) is 36.9 Å². The molecule has 23 heavy (non-hydrogen) atoms. The van der Waals surface area contributed by atoms with E-state index >= 15 is 0 Å². The van der Waals surface area contributed by atoms with Gasteiger partial charge in [0.2, 0.25) is 0 Å². The molecule has 0 aliphatic rings. The fraction of sp³-hybridized carbons (Fsp3) is 0.471. The lowest BCUT2D eigenvalue weighted by Crippen LogP contribution is -2.04. The first kappa shape index (κ1) is 17.0. The van der Waals surface area contributed by atoms with Gasteiger partial charge in [0.15, 0.2) is 23.5 Å². The summed E-state index contributed by atoms with van der Waals surface area (Å²) in [5.41, 5.74) is 1.90. The number of aromatic nitrogens is 3. The van der Waals surface area contributed by atoms with Crippen molar-refractivity contribution >= 4 is 6.29 Å². The second-order valence-corrected chi connectivity index (χ2v) is 5.29. The molecule has 0 N–H and O–H groups in total. The highest BCUT2D eigenvalue weighted by molar-refractivity contribution is 5.83. The van der Waals surface area contributed by atoms with Crippen molar-refractivity contribution < 1.29 is 14.3 Å². The van der Waals surface area contributed by atoms with Crippen LogP contribution in [0.3, 0.4) is 0 Å². The molecule has 1 heterocycles. The van der Waals surface area contributed by atoms with Crippen molar-refractivity contribution in [1.29, 1.82) is 0 Å². The summed E-state index contributed by atoms with van der Waals surface area (Å²) in [5.74, 6) is 1.26. The van der Waals surface area contributed by atoms with Crippen molar-refractivity contribution in [1.82, 2.24) is 15.0 Å². The number of methoxy groups -OCH3 is 2. The van der Waals surface area contributed by atoms with E-state index in [2.05, 4.69) is 17.2 Å². The smallest absolute Gasteiger partial charge is 0.172 e. The third-order valence-electron chi connectivity index (χ3n) is 3.75. The number of hydrogen-bond donors (Lipinski definition) is 0. The molecule has 0 atom stereocenters. The Labute approximate surface area is 136 Å². The van der Waals surface area contributed by atoms with Crippen LogP contribution in [-0.4, -0.2) is 35.5 Å². The summed E-state index contributed by atoms with van der Waals surface area (Å²) in [6, 6.07) is 5.54. The van der Waals surface area contributed by atoms with Crippen molar-refractivity contribution in [3.63, 3.8) is 0 Å². The standard InChI is InChI=1S/C17H23N3O3/c1-4-5-6-7-10-20-17(14(12-21)18-19-20)13-8-9-15(22-2)16(11-13)23-3/h8-9,11-12H,4-7,10H2,1-3H3. The second-order valence-electron chi connectivity index (χ2n) is 5.29. The summed E-state index contributed by atoms with van der Waals surface area (Å²) in [6.45, 7) is 2.92. The van der Waals surface area contributed by atoms with Gasteiger partial charge in [0.05, 0.1) is 19.9 Å². The first-order valence-corrected chi connectivity index (χ1v) is 7.86. The summed E-state index contributed by atoms with van der Waals surface area (Å²) in [6.07, 6.45) is 5.26. The zero-order valence-corrected chi connectivity index (χ0v) is 13.9. The third kappa shape index (κ3) is 3.88. The number of aryl methyl sites for hydroxylation is 1. The van der Waals surface area contributed by atoms with Crippen LogP contribution < -0.4 is 9.47 Å². The molecule has 124 valence electrons. The van der Waals surface area contributed by atoms with Crippen LogP contribution in [0.15, 0.2) is 18.2 Å². The van der Waals surface area contributed by atoms with Gasteiger partial charge in [-0.3, -0.25) is 4.79 Å². The normalized spacial score (nSPS) is 10.6. The molecule has 6 heteroatoms. The van der Waals surface area contributed by atoms with E-state index in [1.807, 2.05) is 18.2 Å². The number of aldehydes is 1. The molecular weight excluding hydrogens is 294 g/mol. The van der Waals surface area contributed by atoms with Crippen molar-refractivity contribution in [2.45, 2.75) is 39.2 Å². The van der Waals surface area contributed by atoms with E-state index in [1.165, 1.54) is 12.8 Å². The average molecular weight is 317 g/mol. The average Bonchev–Trinajstić information content (AvgIpc) is 3.01. The van der Waals surface area contributed by atoms with E-state index in [-0.39, 0.29) is 0 Å². The summed E-state index contributed by atoms with van der Waals surface area (Å²) in [7, 11) is 3.18. The number of benzene rings is 1. The van der Waals surface area contributed by atoms with Gasteiger partial charge in [-0.15, -0.1) is 5.10 Å². The molecule has 6 nitrogen and oxygen atoms in total. The van der Waals surface area contributed by atoms with Gasteiger partial charge in [0.25, 0.3) is 0 Å². The van der Waals surface area contributed by atoms with Crippen molar-refractivity contribution in [3.05, 3.63) is 23.9 Å². The lowest BCUT2D eigenvalue weighted by Gasteiger charge is -2.11. The largest absolute Gasteiger partial charge is 0.493 e. The lowest BCUT2D eigenvalue weighted by molar-refractivity contribution is 0.111. The van der Waals surface area contributed by atoms with Crippen LogP contribution in [0.5, 0.6) is 11.5 Å². The summed E-state index contributed by atoms with van der Waals surface area (Å²) >= 11 is 0. The SMILES string of the molecule is CCCCCCn1nnc(C=O)c1-c1ccc(OC)c(OC)c1. The van der Waals surface area contributed by atoms with Crippen molar-refractivity contribution in [2.75, 3.05) is 14.2 Å².